The van der Waals surface area contributed by atoms with Crippen LogP contribution in [0.1, 0.15) is 24.4 Å². The molecule has 0 unspecified atom stereocenters. The largest absolute Gasteiger partial charge is 0.482 e. The lowest BCUT2D eigenvalue weighted by Crippen LogP contribution is -2.38. The Labute approximate surface area is 161 Å². The standard InChI is InChI=1S/C18H20Cl2N2O2S/c19-14-3-4-17(15(20)9-14)24-11-18(23)21-10-16(13-5-8-25-12-13)22-6-1-2-7-22/h3-5,8-9,12,16H,1-2,6-7,10-11H2,(H,21,23)/t16-/m1/s1. The summed E-state index contributed by atoms with van der Waals surface area (Å²) in [4.78, 5) is 14.6. The monoisotopic (exact) mass is 398 g/mol. The molecular weight excluding hydrogens is 379 g/mol. The lowest BCUT2D eigenvalue weighted by molar-refractivity contribution is -0.123. The van der Waals surface area contributed by atoms with Gasteiger partial charge >= 0.3 is 0 Å². The number of carbonyl (C=O) groups is 1. The molecular formula is C18H20Cl2N2O2S. The van der Waals surface area contributed by atoms with Gasteiger partial charge < -0.3 is 10.1 Å². The van der Waals surface area contributed by atoms with Gasteiger partial charge in [-0.3, -0.25) is 9.69 Å². The second-order valence-electron chi connectivity index (χ2n) is 5.98. The molecule has 2 heterocycles. The highest BCUT2D eigenvalue weighted by Crippen LogP contribution is 2.28. The molecule has 0 aliphatic carbocycles. The van der Waals surface area contributed by atoms with E-state index in [0.29, 0.717) is 22.3 Å². The molecule has 1 fully saturated rings. The molecule has 1 amide bonds. The van der Waals surface area contributed by atoms with Crippen LogP contribution >= 0.6 is 34.5 Å². The molecule has 3 rings (SSSR count). The van der Waals surface area contributed by atoms with Gasteiger partial charge in [0.1, 0.15) is 5.75 Å². The van der Waals surface area contributed by atoms with Gasteiger partial charge in [0.2, 0.25) is 0 Å². The predicted molar refractivity (Wildman–Crippen MR) is 103 cm³/mol. The molecule has 1 aromatic carbocycles. The topological polar surface area (TPSA) is 41.6 Å². The van der Waals surface area contributed by atoms with Gasteiger partial charge in [0.25, 0.3) is 5.91 Å². The fourth-order valence-corrected chi connectivity index (χ4v) is 4.14. The van der Waals surface area contributed by atoms with Crippen molar-refractivity contribution < 1.29 is 9.53 Å². The molecule has 1 saturated heterocycles. The summed E-state index contributed by atoms with van der Waals surface area (Å²) >= 11 is 13.6. The van der Waals surface area contributed by atoms with E-state index in [-0.39, 0.29) is 18.6 Å². The molecule has 134 valence electrons. The SMILES string of the molecule is O=C(COc1ccc(Cl)cc1Cl)NC[C@H](c1ccsc1)N1CCCC1. The fraction of sp³-hybridized carbons (Fsp3) is 0.389. The smallest absolute Gasteiger partial charge is 0.258 e. The van der Waals surface area contributed by atoms with Crippen LogP contribution in [0.2, 0.25) is 10.0 Å². The number of nitrogens with one attached hydrogen (secondary N) is 1. The van der Waals surface area contributed by atoms with E-state index in [1.165, 1.54) is 18.4 Å². The zero-order chi connectivity index (χ0) is 17.6. The van der Waals surface area contributed by atoms with E-state index in [4.69, 9.17) is 27.9 Å². The van der Waals surface area contributed by atoms with Crippen molar-refractivity contribution in [2.75, 3.05) is 26.2 Å². The maximum atomic E-state index is 12.2. The number of carbonyl (C=O) groups excluding carboxylic acids is 1. The Kier molecular flexibility index (Phi) is 6.59. The van der Waals surface area contributed by atoms with E-state index >= 15 is 0 Å². The second-order valence-corrected chi connectivity index (χ2v) is 7.61. The number of thiophene rings is 1. The summed E-state index contributed by atoms with van der Waals surface area (Å²) in [5, 5.41) is 8.14. The van der Waals surface area contributed by atoms with Crippen molar-refractivity contribution in [3.8, 4) is 5.75 Å². The molecule has 1 aliphatic rings. The van der Waals surface area contributed by atoms with E-state index in [1.54, 1.807) is 29.5 Å². The van der Waals surface area contributed by atoms with E-state index < -0.39 is 0 Å². The summed E-state index contributed by atoms with van der Waals surface area (Å²) in [5.41, 5.74) is 1.26. The summed E-state index contributed by atoms with van der Waals surface area (Å²) in [6.07, 6.45) is 2.43. The van der Waals surface area contributed by atoms with Gasteiger partial charge in [0, 0.05) is 11.6 Å². The van der Waals surface area contributed by atoms with E-state index in [1.807, 2.05) is 0 Å². The minimum absolute atomic E-state index is 0.0717. The Morgan fingerprint density at radius 3 is 2.76 bits per heavy atom. The van der Waals surface area contributed by atoms with Gasteiger partial charge in [-0.1, -0.05) is 23.2 Å². The van der Waals surface area contributed by atoms with Crippen molar-refractivity contribution in [3.05, 3.63) is 50.6 Å². The van der Waals surface area contributed by atoms with Crippen LogP contribution in [-0.4, -0.2) is 37.0 Å². The van der Waals surface area contributed by atoms with Gasteiger partial charge in [-0.25, -0.2) is 0 Å². The van der Waals surface area contributed by atoms with Crippen LogP contribution in [0.4, 0.5) is 0 Å². The zero-order valence-electron chi connectivity index (χ0n) is 13.7. The number of hydrogen-bond donors (Lipinski definition) is 1. The number of rotatable bonds is 7. The number of nitrogens with zero attached hydrogens (tertiary/aromatic N) is 1. The summed E-state index contributed by atoms with van der Waals surface area (Å²) in [6.45, 7) is 2.66. The Morgan fingerprint density at radius 2 is 2.08 bits per heavy atom. The third-order valence-corrected chi connectivity index (χ3v) is 5.49. The highest BCUT2D eigenvalue weighted by Gasteiger charge is 2.24. The number of likely N-dealkylation sites (tertiary alicyclic amines) is 1. The average molecular weight is 399 g/mol. The van der Waals surface area contributed by atoms with E-state index in [9.17, 15) is 4.79 Å². The first kappa shape index (κ1) is 18.5. The Hall–Kier alpha value is -1.27. The molecule has 2 aromatic rings. The molecule has 1 atom stereocenters. The molecule has 7 heteroatoms. The van der Waals surface area contributed by atoms with Crippen LogP contribution in [0, 0.1) is 0 Å². The summed E-state index contributed by atoms with van der Waals surface area (Å²) in [6, 6.07) is 7.29. The fourth-order valence-electron chi connectivity index (χ4n) is 2.97. The Balaban J connectivity index is 1.53. The van der Waals surface area contributed by atoms with Crippen molar-refractivity contribution >= 4 is 40.4 Å². The van der Waals surface area contributed by atoms with Gasteiger partial charge in [0.05, 0.1) is 11.1 Å². The van der Waals surface area contributed by atoms with Crippen LogP contribution in [0.5, 0.6) is 5.75 Å². The van der Waals surface area contributed by atoms with Crippen molar-refractivity contribution in [1.29, 1.82) is 0 Å². The Morgan fingerprint density at radius 1 is 1.28 bits per heavy atom. The highest BCUT2D eigenvalue weighted by atomic mass is 35.5. The van der Waals surface area contributed by atoms with Crippen LogP contribution in [0.15, 0.2) is 35.0 Å². The van der Waals surface area contributed by atoms with Crippen LogP contribution in [0.25, 0.3) is 0 Å². The second kappa shape index (κ2) is 8.90. The number of halogens is 2. The van der Waals surface area contributed by atoms with Crippen LogP contribution in [0.3, 0.4) is 0 Å². The van der Waals surface area contributed by atoms with Gasteiger partial charge in [-0.2, -0.15) is 11.3 Å². The van der Waals surface area contributed by atoms with Gasteiger partial charge in [-0.15, -0.1) is 0 Å². The molecule has 0 spiro atoms. The number of ether oxygens (including phenoxy) is 1. The van der Waals surface area contributed by atoms with Gasteiger partial charge in [-0.05, 0) is 66.5 Å². The number of hydrogen-bond acceptors (Lipinski definition) is 4. The molecule has 1 aliphatic heterocycles. The molecule has 0 radical (unpaired) electrons. The van der Waals surface area contributed by atoms with E-state index in [2.05, 4.69) is 27.0 Å². The van der Waals surface area contributed by atoms with Crippen molar-refractivity contribution in [2.24, 2.45) is 0 Å². The molecule has 1 aromatic heterocycles. The molecule has 25 heavy (non-hydrogen) atoms. The quantitative estimate of drug-likeness (QED) is 0.751. The number of benzene rings is 1. The molecule has 0 bridgehead atoms. The molecule has 0 saturated carbocycles. The predicted octanol–water partition coefficient (Wildman–Crippen LogP) is 4.39. The molecule has 4 nitrogen and oxygen atoms in total. The zero-order valence-corrected chi connectivity index (χ0v) is 16.0. The summed E-state index contributed by atoms with van der Waals surface area (Å²) in [5.74, 6) is 0.292. The highest BCUT2D eigenvalue weighted by molar-refractivity contribution is 7.08. The van der Waals surface area contributed by atoms with E-state index in [0.717, 1.165) is 13.1 Å². The van der Waals surface area contributed by atoms with Crippen LogP contribution in [-0.2, 0) is 4.79 Å². The maximum Gasteiger partial charge on any atom is 0.258 e. The summed E-state index contributed by atoms with van der Waals surface area (Å²) in [7, 11) is 0. The third kappa shape index (κ3) is 5.11. The third-order valence-electron chi connectivity index (χ3n) is 4.25. The first-order valence-electron chi connectivity index (χ1n) is 8.24. The van der Waals surface area contributed by atoms with Crippen molar-refractivity contribution in [1.82, 2.24) is 10.2 Å². The van der Waals surface area contributed by atoms with Crippen molar-refractivity contribution in [3.63, 3.8) is 0 Å². The Bertz CT molecular complexity index is 703. The lowest BCUT2D eigenvalue weighted by atomic mass is 10.1. The average Bonchev–Trinajstić information content (AvgIpc) is 3.28. The minimum Gasteiger partial charge on any atom is -0.482 e. The van der Waals surface area contributed by atoms with Crippen LogP contribution < -0.4 is 10.1 Å². The molecule has 1 N–H and O–H groups in total. The maximum absolute atomic E-state index is 12.2. The first-order chi connectivity index (χ1) is 12.1. The van der Waals surface area contributed by atoms with Crippen molar-refractivity contribution in [2.45, 2.75) is 18.9 Å². The lowest BCUT2D eigenvalue weighted by Gasteiger charge is -2.27. The van der Waals surface area contributed by atoms with Gasteiger partial charge in [0.15, 0.2) is 6.61 Å². The normalized spacial score (nSPS) is 15.9. The summed E-state index contributed by atoms with van der Waals surface area (Å²) < 4.78 is 5.49. The number of amides is 1. The minimum atomic E-state index is -0.162. The first-order valence-corrected chi connectivity index (χ1v) is 9.94.